The highest BCUT2D eigenvalue weighted by atomic mass is 16.4. The topological polar surface area (TPSA) is 151 Å². The van der Waals surface area contributed by atoms with Crippen LogP contribution in [0.3, 0.4) is 0 Å². The molecule has 0 bridgehead atoms. The van der Waals surface area contributed by atoms with Gasteiger partial charge in [0.1, 0.15) is 18.1 Å². The van der Waals surface area contributed by atoms with Crippen molar-refractivity contribution >= 4 is 23.7 Å². The molecule has 0 fully saturated rings. The van der Waals surface area contributed by atoms with Crippen molar-refractivity contribution in [2.45, 2.75) is 57.2 Å². The minimum Gasteiger partial charge on any atom is -0.480 e. The summed E-state index contributed by atoms with van der Waals surface area (Å²) in [6, 6.07) is 15.1. The van der Waals surface area contributed by atoms with E-state index >= 15 is 0 Å². The van der Waals surface area contributed by atoms with Crippen LogP contribution in [0, 0.1) is 0 Å². The molecular formula is C26H34N4O5. The Hall–Kier alpha value is -3.72. The Morgan fingerprint density at radius 2 is 1.23 bits per heavy atom. The number of carbonyl (C=O) groups is 4. The van der Waals surface area contributed by atoms with Gasteiger partial charge in [-0.15, -0.1) is 0 Å². The van der Waals surface area contributed by atoms with Crippen molar-refractivity contribution in [3.8, 4) is 0 Å². The van der Waals surface area contributed by atoms with Crippen molar-refractivity contribution in [3.63, 3.8) is 0 Å². The predicted octanol–water partition coefficient (Wildman–Crippen LogP) is 1.16. The van der Waals surface area contributed by atoms with Gasteiger partial charge in [-0.2, -0.15) is 0 Å². The Bertz CT molecular complexity index is 968. The van der Waals surface area contributed by atoms with Crippen LogP contribution in [0.5, 0.6) is 0 Å². The van der Waals surface area contributed by atoms with Gasteiger partial charge < -0.3 is 26.8 Å². The van der Waals surface area contributed by atoms with E-state index in [-0.39, 0.29) is 25.2 Å². The second kappa shape index (κ2) is 14.5. The maximum atomic E-state index is 13.1. The molecule has 0 spiro atoms. The lowest BCUT2D eigenvalue weighted by atomic mass is 10.0. The van der Waals surface area contributed by atoms with Crippen LogP contribution < -0.4 is 21.7 Å². The zero-order valence-electron chi connectivity index (χ0n) is 19.9. The highest BCUT2D eigenvalue weighted by Crippen LogP contribution is 2.08. The molecule has 0 aliphatic rings. The molecule has 2 aromatic carbocycles. The van der Waals surface area contributed by atoms with Crippen LogP contribution in [0.4, 0.5) is 0 Å². The number of carbonyl (C=O) groups excluding carboxylic acids is 3. The first kappa shape index (κ1) is 27.5. The first-order valence-electron chi connectivity index (χ1n) is 11.7. The van der Waals surface area contributed by atoms with Crippen LogP contribution >= 0.6 is 0 Å². The molecule has 0 aliphatic carbocycles. The van der Waals surface area contributed by atoms with E-state index in [4.69, 9.17) is 5.73 Å². The summed E-state index contributed by atoms with van der Waals surface area (Å²) >= 11 is 0. The van der Waals surface area contributed by atoms with Gasteiger partial charge in [-0.3, -0.25) is 14.4 Å². The Kier molecular flexibility index (Phi) is 11.4. The summed E-state index contributed by atoms with van der Waals surface area (Å²) in [4.78, 5) is 49.7. The molecule has 0 aliphatic heterocycles. The second-order valence-corrected chi connectivity index (χ2v) is 8.38. The summed E-state index contributed by atoms with van der Waals surface area (Å²) in [5.41, 5.74) is 7.18. The average Bonchev–Trinajstić information content (AvgIpc) is 2.83. The largest absolute Gasteiger partial charge is 0.480 e. The molecule has 35 heavy (non-hydrogen) atoms. The lowest BCUT2D eigenvalue weighted by Crippen LogP contribution is -2.56. The second-order valence-electron chi connectivity index (χ2n) is 8.38. The van der Waals surface area contributed by atoms with Crippen LogP contribution in [0.15, 0.2) is 60.7 Å². The summed E-state index contributed by atoms with van der Waals surface area (Å²) in [7, 11) is 0. The molecule has 0 radical (unpaired) electrons. The van der Waals surface area contributed by atoms with Crippen LogP contribution in [0.25, 0.3) is 0 Å². The minimum atomic E-state index is -1.17. The molecule has 3 amide bonds. The summed E-state index contributed by atoms with van der Waals surface area (Å²) < 4.78 is 0. The van der Waals surface area contributed by atoms with Gasteiger partial charge in [0.25, 0.3) is 0 Å². The normalized spacial score (nSPS) is 13.2. The van der Waals surface area contributed by atoms with Gasteiger partial charge in [0, 0.05) is 19.8 Å². The Morgan fingerprint density at radius 3 is 1.71 bits per heavy atom. The van der Waals surface area contributed by atoms with Crippen LogP contribution in [-0.4, -0.2) is 53.5 Å². The average molecular weight is 483 g/mol. The van der Waals surface area contributed by atoms with Crippen molar-refractivity contribution in [2.24, 2.45) is 5.73 Å². The maximum Gasteiger partial charge on any atom is 0.326 e. The number of benzene rings is 2. The molecule has 9 nitrogen and oxygen atoms in total. The van der Waals surface area contributed by atoms with Gasteiger partial charge in [-0.1, -0.05) is 60.7 Å². The SMILES string of the molecule is CC(=O)N[C@@H](Cc1ccccc1)C(=O)N[C@@H](CCCCN)C(=O)N[C@@H](Cc1ccccc1)C(=O)O. The van der Waals surface area contributed by atoms with Gasteiger partial charge in [-0.05, 0) is 36.9 Å². The lowest BCUT2D eigenvalue weighted by molar-refractivity contribution is -0.142. The quantitative estimate of drug-likeness (QED) is 0.255. The third kappa shape index (κ3) is 9.97. The molecule has 0 saturated carbocycles. The molecular weight excluding hydrogens is 448 g/mol. The van der Waals surface area contributed by atoms with Crippen LogP contribution in [-0.2, 0) is 32.0 Å². The molecule has 6 N–H and O–H groups in total. The molecule has 0 heterocycles. The van der Waals surface area contributed by atoms with E-state index in [9.17, 15) is 24.3 Å². The van der Waals surface area contributed by atoms with E-state index in [1.807, 2.05) is 36.4 Å². The summed E-state index contributed by atoms with van der Waals surface area (Å²) in [6.45, 7) is 1.74. The Labute approximate surface area is 205 Å². The van der Waals surface area contributed by atoms with Gasteiger partial charge in [0.15, 0.2) is 0 Å². The standard InChI is InChI=1S/C26H34N4O5/c1-18(31)28-22(16-19-10-4-2-5-11-19)25(33)29-21(14-8-9-15-27)24(32)30-23(26(34)35)17-20-12-6-3-7-13-20/h2-7,10-13,21-23H,8-9,14-17,27H2,1H3,(H,28,31)(H,29,33)(H,30,32)(H,34,35)/t21-,22-,23-/m0/s1. The number of carboxylic acids is 1. The lowest BCUT2D eigenvalue weighted by Gasteiger charge is -2.24. The minimum absolute atomic E-state index is 0.105. The van der Waals surface area contributed by atoms with Crippen molar-refractivity contribution in [1.82, 2.24) is 16.0 Å². The first-order chi connectivity index (χ1) is 16.8. The molecule has 0 aromatic heterocycles. The fourth-order valence-electron chi connectivity index (χ4n) is 3.66. The van der Waals surface area contributed by atoms with Crippen LogP contribution in [0.2, 0.25) is 0 Å². The third-order valence-corrected chi connectivity index (χ3v) is 5.45. The van der Waals surface area contributed by atoms with E-state index < -0.39 is 35.9 Å². The van der Waals surface area contributed by atoms with E-state index in [2.05, 4.69) is 16.0 Å². The van der Waals surface area contributed by atoms with Crippen molar-refractivity contribution in [2.75, 3.05) is 6.54 Å². The van der Waals surface area contributed by atoms with Crippen molar-refractivity contribution in [1.29, 1.82) is 0 Å². The van der Waals surface area contributed by atoms with E-state index in [1.165, 1.54) is 6.92 Å². The van der Waals surface area contributed by atoms with Crippen molar-refractivity contribution < 1.29 is 24.3 Å². The number of hydrogen-bond donors (Lipinski definition) is 5. The monoisotopic (exact) mass is 482 g/mol. The van der Waals surface area contributed by atoms with Gasteiger partial charge in [-0.25, -0.2) is 4.79 Å². The number of amides is 3. The van der Waals surface area contributed by atoms with E-state index in [0.717, 1.165) is 11.1 Å². The molecule has 0 saturated heterocycles. The fourth-order valence-corrected chi connectivity index (χ4v) is 3.66. The molecule has 3 atom stereocenters. The zero-order valence-corrected chi connectivity index (χ0v) is 19.9. The summed E-state index contributed by atoms with van der Waals surface area (Å²) in [5.74, 6) is -2.67. The number of rotatable bonds is 14. The fraction of sp³-hybridized carbons (Fsp3) is 0.385. The van der Waals surface area contributed by atoms with Crippen molar-refractivity contribution in [3.05, 3.63) is 71.8 Å². The van der Waals surface area contributed by atoms with Gasteiger partial charge in [0.05, 0.1) is 0 Å². The van der Waals surface area contributed by atoms with E-state index in [0.29, 0.717) is 19.4 Å². The molecule has 2 rings (SSSR count). The third-order valence-electron chi connectivity index (χ3n) is 5.45. The Balaban J connectivity index is 2.14. The molecule has 9 heteroatoms. The smallest absolute Gasteiger partial charge is 0.326 e. The van der Waals surface area contributed by atoms with E-state index in [1.54, 1.807) is 24.3 Å². The predicted molar refractivity (Wildman–Crippen MR) is 132 cm³/mol. The first-order valence-corrected chi connectivity index (χ1v) is 11.7. The molecule has 2 aromatic rings. The highest BCUT2D eigenvalue weighted by Gasteiger charge is 2.29. The number of unbranched alkanes of at least 4 members (excludes halogenated alkanes) is 1. The van der Waals surface area contributed by atoms with Gasteiger partial charge in [0.2, 0.25) is 17.7 Å². The Morgan fingerprint density at radius 1 is 0.743 bits per heavy atom. The maximum absolute atomic E-state index is 13.1. The summed E-state index contributed by atoms with van der Waals surface area (Å²) in [5, 5.41) is 17.5. The van der Waals surface area contributed by atoms with Crippen LogP contribution in [0.1, 0.15) is 37.3 Å². The zero-order chi connectivity index (χ0) is 25.6. The molecule has 0 unspecified atom stereocenters. The number of nitrogens with two attached hydrogens (primary N) is 1. The summed E-state index contributed by atoms with van der Waals surface area (Å²) in [6.07, 6.45) is 1.84. The number of aliphatic carboxylic acids is 1. The highest BCUT2D eigenvalue weighted by molar-refractivity contribution is 5.93. The molecule has 188 valence electrons. The number of carboxylic acid groups (broad SMARTS) is 1. The van der Waals surface area contributed by atoms with Gasteiger partial charge >= 0.3 is 5.97 Å². The number of hydrogen-bond acceptors (Lipinski definition) is 5. The number of nitrogens with one attached hydrogen (secondary N) is 3.